The van der Waals surface area contributed by atoms with E-state index in [0.717, 1.165) is 17.1 Å². The predicted octanol–water partition coefficient (Wildman–Crippen LogP) is 1.78. The van der Waals surface area contributed by atoms with Gasteiger partial charge in [0.05, 0.1) is 5.56 Å². The minimum atomic E-state index is 0.167. The van der Waals surface area contributed by atoms with Crippen molar-refractivity contribution in [3.8, 4) is 11.5 Å². The summed E-state index contributed by atoms with van der Waals surface area (Å²) in [6.45, 7) is 0.167. The Balaban J connectivity index is 2.46. The molecule has 0 unspecified atom stereocenters. The van der Waals surface area contributed by atoms with Crippen LogP contribution >= 0.6 is 0 Å². The third-order valence-electron chi connectivity index (χ3n) is 2.43. The number of fused-ring (bicyclic) bond motifs is 2. The first-order valence-electron chi connectivity index (χ1n) is 4.51. The van der Waals surface area contributed by atoms with E-state index < -0.39 is 0 Å². The van der Waals surface area contributed by atoms with Crippen LogP contribution in [0.4, 0.5) is 0 Å². The molecule has 0 N–H and O–H groups in total. The van der Waals surface area contributed by atoms with Crippen molar-refractivity contribution in [2.45, 2.75) is 0 Å². The average molecular weight is 201 g/mol. The van der Waals surface area contributed by atoms with Crippen molar-refractivity contribution >= 4 is 17.1 Å². The molecule has 0 atom stereocenters. The number of carbonyl (C=O) groups excluding carboxylic acids is 1. The molecule has 2 aromatic rings. The maximum Gasteiger partial charge on any atom is 0.231 e. The summed E-state index contributed by atoms with van der Waals surface area (Å²) >= 11 is 0. The smallest absolute Gasteiger partial charge is 0.231 e. The minimum absolute atomic E-state index is 0.167. The van der Waals surface area contributed by atoms with Gasteiger partial charge in [-0.1, -0.05) is 0 Å². The normalized spacial score (nSPS) is 13.1. The number of carbonyl (C=O) groups is 1. The molecule has 0 bridgehead atoms. The van der Waals surface area contributed by atoms with Gasteiger partial charge in [-0.05, 0) is 17.5 Å². The van der Waals surface area contributed by atoms with Gasteiger partial charge in [0, 0.05) is 17.8 Å². The first-order valence-corrected chi connectivity index (χ1v) is 4.51. The van der Waals surface area contributed by atoms with Crippen LogP contribution in [0.5, 0.6) is 11.5 Å². The highest BCUT2D eigenvalue weighted by molar-refractivity contribution is 6.02. The second kappa shape index (κ2) is 2.95. The maximum atomic E-state index is 11.0. The SMILES string of the molecule is O=Cc1c2c(cc3cnccc13)OCO2. The molecule has 0 radical (unpaired) electrons. The monoisotopic (exact) mass is 201 g/mol. The summed E-state index contributed by atoms with van der Waals surface area (Å²) in [5, 5.41) is 1.72. The summed E-state index contributed by atoms with van der Waals surface area (Å²) in [6, 6.07) is 3.62. The Morgan fingerprint density at radius 1 is 1.40 bits per heavy atom. The molecular formula is C11H7NO3. The predicted molar refractivity (Wildman–Crippen MR) is 53.3 cm³/mol. The van der Waals surface area contributed by atoms with Crippen molar-refractivity contribution in [2.24, 2.45) is 0 Å². The van der Waals surface area contributed by atoms with E-state index in [1.807, 2.05) is 6.07 Å². The summed E-state index contributed by atoms with van der Waals surface area (Å²) < 4.78 is 10.5. The highest BCUT2D eigenvalue weighted by Gasteiger charge is 2.20. The lowest BCUT2D eigenvalue weighted by Crippen LogP contribution is -1.94. The minimum Gasteiger partial charge on any atom is -0.454 e. The standard InChI is InChI=1S/C11H7NO3/c13-5-9-8-1-2-12-4-7(8)3-10-11(9)15-6-14-10/h1-5H,6H2. The van der Waals surface area contributed by atoms with E-state index in [2.05, 4.69) is 4.98 Å². The number of ether oxygens (including phenoxy) is 2. The molecular weight excluding hydrogens is 194 g/mol. The largest absolute Gasteiger partial charge is 0.454 e. The number of nitrogens with zero attached hydrogens (tertiary/aromatic N) is 1. The van der Waals surface area contributed by atoms with Crippen LogP contribution in [0.1, 0.15) is 10.4 Å². The van der Waals surface area contributed by atoms with Crippen LogP contribution in [0.3, 0.4) is 0 Å². The molecule has 0 aliphatic carbocycles. The Labute approximate surface area is 85.4 Å². The van der Waals surface area contributed by atoms with Gasteiger partial charge < -0.3 is 9.47 Å². The van der Waals surface area contributed by atoms with Crippen molar-refractivity contribution in [1.29, 1.82) is 0 Å². The number of rotatable bonds is 1. The van der Waals surface area contributed by atoms with E-state index in [0.29, 0.717) is 17.1 Å². The summed E-state index contributed by atoms with van der Waals surface area (Å²) in [5.41, 5.74) is 0.530. The van der Waals surface area contributed by atoms with Gasteiger partial charge in [-0.15, -0.1) is 0 Å². The fraction of sp³-hybridized carbons (Fsp3) is 0.0909. The van der Waals surface area contributed by atoms with Crippen molar-refractivity contribution in [1.82, 2.24) is 4.98 Å². The van der Waals surface area contributed by atoms with E-state index in [4.69, 9.17) is 9.47 Å². The molecule has 0 spiro atoms. The average Bonchev–Trinajstić information content (AvgIpc) is 2.73. The lowest BCUT2D eigenvalue weighted by atomic mass is 10.1. The quantitative estimate of drug-likeness (QED) is 0.660. The molecule has 3 rings (SSSR count). The number of hydrogen-bond acceptors (Lipinski definition) is 4. The van der Waals surface area contributed by atoms with Gasteiger partial charge in [0.2, 0.25) is 6.79 Å². The molecule has 2 heterocycles. The van der Waals surface area contributed by atoms with Gasteiger partial charge in [0.15, 0.2) is 17.8 Å². The molecule has 4 nitrogen and oxygen atoms in total. The molecule has 0 saturated heterocycles. The number of pyridine rings is 1. The van der Waals surface area contributed by atoms with Gasteiger partial charge in [-0.2, -0.15) is 0 Å². The Hall–Kier alpha value is -2.10. The third kappa shape index (κ3) is 1.08. The van der Waals surface area contributed by atoms with Crippen LogP contribution in [0.2, 0.25) is 0 Å². The molecule has 4 heteroatoms. The van der Waals surface area contributed by atoms with Gasteiger partial charge in [0.1, 0.15) is 0 Å². The first-order chi connectivity index (χ1) is 7.40. The van der Waals surface area contributed by atoms with Gasteiger partial charge in [0.25, 0.3) is 0 Å². The Morgan fingerprint density at radius 3 is 3.20 bits per heavy atom. The molecule has 74 valence electrons. The van der Waals surface area contributed by atoms with Crippen LogP contribution in [0.15, 0.2) is 24.5 Å². The van der Waals surface area contributed by atoms with Gasteiger partial charge >= 0.3 is 0 Å². The molecule has 0 amide bonds. The molecule has 1 aliphatic rings. The highest BCUT2D eigenvalue weighted by Crippen LogP contribution is 2.39. The fourth-order valence-corrected chi connectivity index (χ4v) is 1.75. The lowest BCUT2D eigenvalue weighted by molar-refractivity contribution is 0.112. The topological polar surface area (TPSA) is 48.4 Å². The Morgan fingerprint density at radius 2 is 2.33 bits per heavy atom. The fourth-order valence-electron chi connectivity index (χ4n) is 1.75. The van der Waals surface area contributed by atoms with Crippen LogP contribution in [-0.4, -0.2) is 18.1 Å². The van der Waals surface area contributed by atoms with Crippen LogP contribution in [-0.2, 0) is 0 Å². The number of hydrogen-bond donors (Lipinski definition) is 0. The molecule has 15 heavy (non-hydrogen) atoms. The molecule has 0 fully saturated rings. The van der Waals surface area contributed by atoms with Crippen molar-refractivity contribution in [2.75, 3.05) is 6.79 Å². The number of aldehydes is 1. The van der Waals surface area contributed by atoms with Crippen molar-refractivity contribution < 1.29 is 14.3 Å². The Bertz CT molecular complexity index is 551. The molecule has 1 aromatic carbocycles. The third-order valence-corrected chi connectivity index (χ3v) is 2.43. The summed E-state index contributed by atoms with van der Waals surface area (Å²) in [6.07, 6.45) is 4.14. The summed E-state index contributed by atoms with van der Waals surface area (Å²) in [4.78, 5) is 15.0. The van der Waals surface area contributed by atoms with E-state index in [9.17, 15) is 4.79 Å². The number of aromatic nitrogens is 1. The maximum absolute atomic E-state index is 11.0. The molecule has 0 saturated carbocycles. The van der Waals surface area contributed by atoms with Crippen molar-refractivity contribution in [3.05, 3.63) is 30.1 Å². The second-order valence-corrected chi connectivity index (χ2v) is 3.24. The summed E-state index contributed by atoms with van der Waals surface area (Å²) in [5.74, 6) is 1.14. The van der Waals surface area contributed by atoms with Gasteiger partial charge in [-0.25, -0.2) is 0 Å². The lowest BCUT2D eigenvalue weighted by Gasteiger charge is -2.04. The van der Waals surface area contributed by atoms with Crippen LogP contribution in [0, 0.1) is 0 Å². The van der Waals surface area contributed by atoms with Crippen LogP contribution < -0.4 is 9.47 Å². The van der Waals surface area contributed by atoms with E-state index >= 15 is 0 Å². The van der Waals surface area contributed by atoms with E-state index in [1.165, 1.54) is 0 Å². The zero-order valence-corrected chi connectivity index (χ0v) is 7.77. The van der Waals surface area contributed by atoms with E-state index in [1.54, 1.807) is 18.5 Å². The number of benzene rings is 1. The molecule has 1 aliphatic heterocycles. The molecule has 1 aromatic heterocycles. The van der Waals surface area contributed by atoms with Crippen LogP contribution in [0.25, 0.3) is 10.8 Å². The Kier molecular flexibility index (Phi) is 1.62. The first kappa shape index (κ1) is 8.23. The van der Waals surface area contributed by atoms with E-state index in [-0.39, 0.29) is 6.79 Å². The van der Waals surface area contributed by atoms with Gasteiger partial charge in [-0.3, -0.25) is 9.78 Å². The zero-order chi connectivity index (χ0) is 10.3. The zero-order valence-electron chi connectivity index (χ0n) is 7.77. The highest BCUT2D eigenvalue weighted by atomic mass is 16.7. The summed E-state index contributed by atoms with van der Waals surface area (Å²) in [7, 11) is 0. The second-order valence-electron chi connectivity index (χ2n) is 3.24. The van der Waals surface area contributed by atoms with Crippen molar-refractivity contribution in [3.63, 3.8) is 0 Å².